The first-order valence-corrected chi connectivity index (χ1v) is 9.25. The lowest BCUT2D eigenvalue weighted by Gasteiger charge is -2.37. The molecule has 0 aliphatic heterocycles. The molecule has 3 N–H and O–H groups in total. The average molecular weight is 340 g/mol. The van der Waals surface area contributed by atoms with Gasteiger partial charge in [-0.1, -0.05) is 20.8 Å². The molecule has 0 fully saturated rings. The SMILES string of the molecule is CCC(CO)(CO)COC(C)(CC)COC(C)(CC)[PH](=O)O. The Kier molecular flexibility index (Phi) is 9.37. The fourth-order valence-electron chi connectivity index (χ4n) is 1.67. The van der Waals surface area contributed by atoms with Crippen LogP contribution in [-0.2, 0) is 14.0 Å². The largest absolute Gasteiger partial charge is 0.396 e. The van der Waals surface area contributed by atoms with Crippen LogP contribution in [0.25, 0.3) is 0 Å². The maximum absolute atomic E-state index is 11.5. The highest BCUT2D eigenvalue weighted by Crippen LogP contribution is 2.40. The van der Waals surface area contributed by atoms with E-state index in [2.05, 4.69) is 0 Å². The van der Waals surface area contributed by atoms with Crippen molar-refractivity contribution in [3.8, 4) is 0 Å². The van der Waals surface area contributed by atoms with E-state index in [1.807, 2.05) is 27.7 Å². The summed E-state index contributed by atoms with van der Waals surface area (Å²) in [6.07, 6.45) is 1.68. The molecule has 0 heterocycles. The van der Waals surface area contributed by atoms with Crippen LogP contribution in [0.1, 0.15) is 53.9 Å². The molecule has 0 radical (unpaired) electrons. The lowest BCUT2D eigenvalue weighted by Crippen LogP contribution is -2.43. The molecule has 22 heavy (non-hydrogen) atoms. The van der Waals surface area contributed by atoms with Gasteiger partial charge in [0.15, 0.2) is 0 Å². The first-order chi connectivity index (χ1) is 10.2. The molecule has 0 aromatic carbocycles. The highest BCUT2D eigenvalue weighted by molar-refractivity contribution is 7.39. The molecule has 0 rings (SSSR count). The first-order valence-electron chi connectivity index (χ1n) is 7.89. The third kappa shape index (κ3) is 5.91. The minimum Gasteiger partial charge on any atom is -0.396 e. The highest BCUT2D eigenvalue weighted by Gasteiger charge is 2.36. The van der Waals surface area contributed by atoms with Gasteiger partial charge in [-0.05, 0) is 33.1 Å². The molecule has 3 atom stereocenters. The molecule has 0 saturated heterocycles. The van der Waals surface area contributed by atoms with E-state index in [1.165, 1.54) is 0 Å². The molecule has 134 valence electrons. The topological polar surface area (TPSA) is 96.2 Å². The van der Waals surface area contributed by atoms with Crippen LogP contribution in [0, 0.1) is 5.41 Å². The van der Waals surface area contributed by atoms with Gasteiger partial charge in [-0.3, -0.25) is 4.57 Å². The Morgan fingerprint density at radius 1 is 0.909 bits per heavy atom. The third-order valence-electron chi connectivity index (χ3n) is 4.72. The van der Waals surface area contributed by atoms with Gasteiger partial charge >= 0.3 is 0 Å². The zero-order chi connectivity index (χ0) is 17.4. The van der Waals surface area contributed by atoms with E-state index in [0.717, 1.165) is 0 Å². The molecular weight excluding hydrogens is 307 g/mol. The zero-order valence-electron chi connectivity index (χ0n) is 14.5. The van der Waals surface area contributed by atoms with E-state index in [0.29, 0.717) is 19.3 Å². The summed E-state index contributed by atoms with van der Waals surface area (Å²) in [7, 11) is -2.82. The highest BCUT2D eigenvalue weighted by atomic mass is 31.1. The van der Waals surface area contributed by atoms with Gasteiger partial charge in [0, 0.05) is 5.41 Å². The first kappa shape index (κ1) is 22.0. The normalized spacial score (nSPS) is 19.5. The number of hydrogen-bond acceptors (Lipinski definition) is 5. The van der Waals surface area contributed by atoms with E-state index >= 15 is 0 Å². The minimum atomic E-state index is -2.82. The van der Waals surface area contributed by atoms with Crippen LogP contribution in [-0.4, -0.2) is 52.5 Å². The number of aliphatic hydroxyl groups is 2. The van der Waals surface area contributed by atoms with Crippen molar-refractivity contribution >= 4 is 8.03 Å². The molecule has 0 aliphatic carbocycles. The van der Waals surface area contributed by atoms with Crippen LogP contribution in [0.4, 0.5) is 0 Å². The summed E-state index contributed by atoms with van der Waals surface area (Å²) < 4.78 is 23.1. The van der Waals surface area contributed by atoms with Crippen molar-refractivity contribution < 1.29 is 29.1 Å². The van der Waals surface area contributed by atoms with Crippen LogP contribution in [0.15, 0.2) is 0 Å². The Morgan fingerprint density at radius 3 is 1.77 bits per heavy atom. The van der Waals surface area contributed by atoms with Gasteiger partial charge in [0.05, 0.1) is 32.0 Å². The van der Waals surface area contributed by atoms with Gasteiger partial charge in [0.1, 0.15) is 5.34 Å². The summed E-state index contributed by atoms with van der Waals surface area (Å²) in [5.74, 6) is 0. The summed E-state index contributed by atoms with van der Waals surface area (Å²) in [6.45, 7) is 9.22. The summed E-state index contributed by atoms with van der Waals surface area (Å²) in [5, 5.41) is 17.9. The molecule has 0 aromatic heterocycles. The standard InChI is InChI=1S/C15H33O6P/c1-6-13(4,11-21-14(5,7-2)22(18)19)20-12-15(8-3,9-16)10-17/h16-17,22H,6-12H2,1-5H3,(H,18,19). The Hall–Kier alpha value is 0.0300. The number of rotatable bonds is 12. The molecule has 0 spiro atoms. The number of hydrogen-bond donors (Lipinski definition) is 3. The Balaban J connectivity index is 4.81. The maximum Gasteiger partial charge on any atom is 0.219 e. The molecule has 0 aliphatic rings. The Labute approximate surface area is 134 Å². The third-order valence-corrected chi connectivity index (χ3v) is 6.12. The van der Waals surface area contributed by atoms with E-state index in [1.54, 1.807) is 6.92 Å². The van der Waals surface area contributed by atoms with Crippen molar-refractivity contribution in [3.63, 3.8) is 0 Å². The average Bonchev–Trinajstić information content (AvgIpc) is 2.54. The second kappa shape index (κ2) is 9.36. The van der Waals surface area contributed by atoms with Gasteiger partial charge < -0.3 is 24.6 Å². The quantitative estimate of drug-likeness (QED) is 0.471. The lowest BCUT2D eigenvalue weighted by atomic mass is 9.88. The lowest BCUT2D eigenvalue weighted by molar-refractivity contribution is -0.146. The van der Waals surface area contributed by atoms with Crippen molar-refractivity contribution in [2.45, 2.75) is 64.8 Å². The fourth-order valence-corrected chi connectivity index (χ4v) is 2.17. The minimum absolute atomic E-state index is 0.155. The van der Waals surface area contributed by atoms with Gasteiger partial charge in [-0.15, -0.1) is 0 Å². The van der Waals surface area contributed by atoms with Crippen molar-refractivity contribution in [2.24, 2.45) is 5.41 Å². The summed E-state index contributed by atoms with van der Waals surface area (Å²) in [6, 6.07) is 0. The summed E-state index contributed by atoms with van der Waals surface area (Å²) in [5.41, 5.74) is -1.31. The van der Waals surface area contributed by atoms with Crippen LogP contribution in [0.2, 0.25) is 0 Å². The molecule has 0 bridgehead atoms. The monoisotopic (exact) mass is 340 g/mol. The molecule has 0 amide bonds. The van der Waals surface area contributed by atoms with Crippen LogP contribution < -0.4 is 0 Å². The number of aliphatic hydroxyl groups excluding tert-OH is 2. The predicted octanol–water partition coefficient (Wildman–Crippen LogP) is 2.16. The van der Waals surface area contributed by atoms with Gasteiger partial charge in [-0.25, -0.2) is 0 Å². The van der Waals surface area contributed by atoms with Crippen molar-refractivity contribution in [1.29, 1.82) is 0 Å². The van der Waals surface area contributed by atoms with Gasteiger partial charge in [0.25, 0.3) is 0 Å². The molecule has 3 unspecified atom stereocenters. The molecule has 7 heteroatoms. The summed E-state index contributed by atoms with van der Waals surface area (Å²) >= 11 is 0. The van der Waals surface area contributed by atoms with E-state index in [4.69, 9.17) is 9.47 Å². The van der Waals surface area contributed by atoms with Gasteiger partial charge in [-0.2, -0.15) is 0 Å². The maximum atomic E-state index is 11.5. The Bertz CT molecular complexity index is 339. The van der Waals surface area contributed by atoms with Crippen molar-refractivity contribution in [3.05, 3.63) is 0 Å². The second-order valence-electron chi connectivity index (χ2n) is 6.44. The summed E-state index contributed by atoms with van der Waals surface area (Å²) in [4.78, 5) is 9.43. The number of ether oxygens (including phenoxy) is 2. The molecule has 0 saturated carbocycles. The van der Waals surface area contributed by atoms with Crippen molar-refractivity contribution in [1.82, 2.24) is 0 Å². The molecular formula is C15H33O6P. The van der Waals surface area contributed by atoms with Crippen LogP contribution in [0.3, 0.4) is 0 Å². The molecule has 6 nitrogen and oxygen atoms in total. The van der Waals surface area contributed by atoms with E-state index in [9.17, 15) is 19.7 Å². The van der Waals surface area contributed by atoms with Crippen molar-refractivity contribution in [2.75, 3.05) is 26.4 Å². The zero-order valence-corrected chi connectivity index (χ0v) is 15.5. The van der Waals surface area contributed by atoms with Crippen LogP contribution in [0.5, 0.6) is 0 Å². The molecule has 0 aromatic rings. The van der Waals surface area contributed by atoms with Gasteiger partial charge in [0.2, 0.25) is 8.03 Å². The fraction of sp³-hybridized carbons (Fsp3) is 1.00. The van der Waals surface area contributed by atoms with E-state index < -0.39 is 24.4 Å². The predicted molar refractivity (Wildman–Crippen MR) is 87.4 cm³/mol. The smallest absolute Gasteiger partial charge is 0.219 e. The Morgan fingerprint density at radius 2 is 1.45 bits per heavy atom. The van der Waals surface area contributed by atoms with E-state index in [-0.39, 0.29) is 26.4 Å². The second-order valence-corrected chi connectivity index (χ2v) is 8.11. The van der Waals surface area contributed by atoms with Crippen LogP contribution >= 0.6 is 8.03 Å².